The van der Waals surface area contributed by atoms with Crippen molar-refractivity contribution in [3.63, 3.8) is 0 Å². The molecule has 1 aliphatic rings. The second-order valence-corrected chi connectivity index (χ2v) is 8.30. The number of aryl methyl sites for hydroxylation is 1. The van der Waals surface area contributed by atoms with Crippen LogP contribution in [-0.4, -0.2) is 67.0 Å². The number of benzene rings is 1. The first kappa shape index (κ1) is 20.8. The minimum atomic E-state index is 0.0367. The van der Waals surface area contributed by atoms with E-state index in [0.29, 0.717) is 13.0 Å². The van der Waals surface area contributed by atoms with Gasteiger partial charge in [0.15, 0.2) is 0 Å². The summed E-state index contributed by atoms with van der Waals surface area (Å²) in [5, 5.41) is 5.84. The van der Waals surface area contributed by atoms with E-state index in [4.69, 9.17) is 4.74 Å². The van der Waals surface area contributed by atoms with Crippen molar-refractivity contribution in [3.05, 3.63) is 45.9 Å². The van der Waals surface area contributed by atoms with Crippen LogP contribution in [0.2, 0.25) is 0 Å². The molecule has 0 unspecified atom stereocenters. The van der Waals surface area contributed by atoms with Crippen molar-refractivity contribution in [2.45, 2.75) is 26.4 Å². The quantitative estimate of drug-likeness (QED) is 0.653. The first-order valence-corrected chi connectivity index (χ1v) is 10.8. The van der Waals surface area contributed by atoms with Crippen LogP contribution in [0.15, 0.2) is 29.6 Å². The molecule has 0 bridgehead atoms. The number of thiazole rings is 1. The fraction of sp³-hybridized carbons (Fsp3) is 0.524. The van der Waals surface area contributed by atoms with Gasteiger partial charge >= 0.3 is 0 Å². The Balaban J connectivity index is 1.31. The van der Waals surface area contributed by atoms with Gasteiger partial charge in [0.05, 0.1) is 12.1 Å². The van der Waals surface area contributed by atoms with E-state index >= 15 is 0 Å². The lowest BCUT2D eigenvalue weighted by Gasteiger charge is -2.32. The molecule has 0 radical (unpaired) electrons. The summed E-state index contributed by atoms with van der Waals surface area (Å²) >= 11 is 1.53. The van der Waals surface area contributed by atoms with Crippen LogP contribution in [0, 0.1) is 6.92 Å². The maximum absolute atomic E-state index is 12.1. The standard InChI is InChI=1S/C21H30N4O2S/c1-17-4-6-19(7-5-17)27-15-21-23-18(16-28-21)14-20(26)22-8-3-9-25-12-10-24(2)11-13-25/h4-7,16H,3,8-15H2,1-2H3,(H,22,26). The minimum Gasteiger partial charge on any atom is -0.486 e. The number of piperazine rings is 1. The molecule has 0 spiro atoms. The third kappa shape index (κ3) is 6.89. The molecule has 1 fully saturated rings. The third-order valence-corrected chi connectivity index (χ3v) is 5.76. The van der Waals surface area contributed by atoms with E-state index in [0.717, 1.165) is 62.1 Å². The van der Waals surface area contributed by atoms with Crippen LogP contribution in [0.25, 0.3) is 0 Å². The van der Waals surface area contributed by atoms with E-state index in [9.17, 15) is 4.79 Å². The minimum absolute atomic E-state index is 0.0367. The SMILES string of the molecule is Cc1ccc(OCc2nc(CC(=O)NCCCN3CCN(C)CC3)cs2)cc1. The second kappa shape index (κ2) is 10.5. The summed E-state index contributed by atoms with van der Waals surface area (Å²) in [5.74, 6) is 0.870. The lowest BCUT2D eigenvalue weighted by atomic mass is 10.2. The highest BCUT2D eigenvalue weighted by atomic mass is 32.1. The Morgan fingerprint density at radius 1 is 1.21 bits per heavy atom. The number of aromatic nitrogens is 1. The number of hydrogen-bond acceptors (Lipinski definition) is 6. The van der Waals surface area contributed by atoms with E-state index in [1.165, 1.54) is 16.9 Å². The zero-order valence-electron chi connectivity index (χ0n) is 16.8. The van der Waals surface area contributed by atoms with Crippen LogP contribution in [0.4, 0.5) is 0 Å². The first-order valence-electron chi connectivity index (χ1n) is 9.89. The van der Waals surface area contributed by atoms with Crippen molar-refractivity contribution in [1.29, 1.82) is 0 Å². The highest BCUT2D eigenvalue weighted by Crippen LogP contribution is 2.16. The van der Waals surface area contributed by atoms with Crippen LogP contribution >= 0.6 is 11.3 Å². The Labute approximate surface area is 171 Å². The summed E-state index contributed by atoms with van der Waals surface area (Å²) in [4.78, 5) is 21.5. The van der Waals surface area contributed by atoms with Crippen LogP contribution < -0.4 is 10.1 Å². The van der Waals surface area contributed by atoms with E-state index in [1.807, 2.05) is 36.6 Å². The lowest BCUT2D eigenvalue weighted by Crippen LogP contribution is -2.45. The van der Waals surface area contributed by atoms with E-state index in [1.54, 1.807) is 0 Å². The number of ether oxygens (including phenoxy) is 1. The van der Waals surface area contributed by atoms with Gasteiger partial charge in [-0.2, -0.15) is 0 Å². The second-order valence-electron chi connectivity index (χ2n) is 7.36. The summed E-state index contributed by atoms with van der Waals surface area (Å²) < 4.78 is 5.75. The Morgan fingerprint density at radius 3 is 2.71 bits per heavy atom. The fourth-order valence-electron chi connectivity index (χ4n) is 3.10. The predicted molar refractivity (Wildman–Crippen MR) is 113 cm³/mol. The summed E-state index contributed by atoms with van der Waals surface area (Å²) in [6.07, 6.45) is 1.32. The number of nitrogens with zero attached hydrogens (tertiary/aromatic N) is 3. The van der Waals surface area contributed by atoms with Crippen molar-refractivity contribution in [2.24, 2.45) is 0 Å². The molecule has 1 N–H and O–H groups in total. The average molecular weight is 403 g/mol. The average Bonchev–Trinajstić information content (AvgIpc) is 3.13. The van der Waals surface area contributed by atoms with Crippen molar-refractivity contribution >= 4 is 17.2 Å². The smallest absolute Gasteiger partial charge is 0.226 e. The lowest BCUT2D eigenvalue weighted by molar-refractivity contribution is -0.120. The Morgan fingerprint density at radius 2 is 1.96 bits per heavy atom. The molecule has 0 atom stereocenters. The van der Waals surface area contributed by atoms with E-state index in [-0.39, 0.29) is 5.91 Å². The topological polar surface area (TPSA) is 57.7 Å². The summed E-state index contributed by atoms with van der Waals surface area (Å²) in [6.45, 7) is 8.75. The zero-order chi connectivity index (χ0) is 19.8. The number of hydrogen-bond donors (Lipinski definition) is 1. The van der Waals surface area contributed by atoms with Gasteiger partial charge < -0.3 is 19.9 Å². The third-order valence-electron chi connectivity index (χ3n) is 4.89. The van der Waals surface area contributed by atoms with Crippen LogP contribution in [0.1, 0.15) is 22.7 Å². The normalized spacial score (nSPS) is 15.5. The van der Waals surface area contributed by atoms with Gasteiger partial charge in [-0.25, -0.2) is 4.98 Å². The molecule has 6 nitrogen and oxygen atoms in total. The van der Waals surface area contributed by atoms with Gasteiger partial charge in [-0.1, -0.05) is 17.7 Å². The van der Waals surface area contributed by atoms with E-state index in [2.05, 4.69) is 27.1 Å². The number of carbonyl (C=O) groups is 1. The molecule has 152 valence electrons. The maximum atomic E-state index is 12.1. The van der Waals surface area contributed by atoms with E-state index < -0.39 is 0 Å². The number of nitrogens with one attached hydrogen (secondary N) is 1. The maximum Gasteiger partial charge on any atom is 0.226 e. The fourth-order valence-corrected chi connectivity index (χ4v) is 3.81. The molecule has 3 rings (SSSR count). The van der Waals surface area contributed by atoms with Gasteiger partial charge in [-0.3, -0.25) is 4.79 Å². The molecule has 0 aliphatic carbocycles. The molecule has 1 amide bonds. The molecular formula is C21H30N4O2S. The van der Waals surface area contributed by atoms with Gasteiger partial charge in [-0.05, 0) is 39.1 Å². The molecule has 7 heteroatoms. The summed E-state index contributed by atoms with van der Waals surface area (Å²) in [6, 6.07) is 7.96. The monoisotopic (exact) mass is 402 g/mol. The van der Waals surface area contributed by atoms with Crippen molar-refractivity contribution in [1.82, 2.24) is 20.1 Å². The highest BCUT2D eigenvalue weighted by Gasteiger charge is 2.13. The van der Waals surface area contributed by atoms with Gasteiger partial charge in [-0.15, -0.1) is 11.3 Å². The Bertz CT molecular complexity index is 739. The van der Waals surface area contributed by atoms with Crippen LogP contribution in [0.5, 0.6) is 5.75 Å². The first-order chi connectivity index (χ1) is 13.6. The number of carbonyl (C=O) groups excluding carboxylic acids is 1. The number of rotatable bonds is 9. The summed E-state index contributed by atoms with van der Waals surface area (Å²) in [5.41, 5.74) is 2.02. The Kier molecular flexibility index (Phi) is 7.82. The molecule has 1 aromatic carbocycles. The molecule has 2 heterocycles. The molecule has 1 aliphatic heterocycles. The predicted octanol–water partition coefficient (Wildman–Crippen LogP) is 2.33. The zero-order valence-corrected chi connectivity index (χ0v) is 17.6. The molecule has 1 aromatic heterocycles. The van der Waals surface area contributed by atoms with Crippen molar-refractivity contribution in [2.75, 3.05) is 46.3 Å². The van der Waals surface area contributed by atoms with Crippen molar-refractivity contribution < 1.29 is 9.53 Å². The Hall–Kier alpha value is -1.96. The molecule has 0 saturated carbocycles. The number of likely N-dealkylation sites (N-methyl/N-ethyl adjacent to an activating group) is 1. The van der Waals surface area contributed by atoms with Crippen molar-refractivity contribution in [3.8, 4) is 5.75 Å². The summed E-state index contributed by atoms with van der Waals surface area (Å²) in [7, 11) is 2.16. The van der Waals surface area contributed by atoms with Gasteiger partial charge in [0, 0.05) is 38.1 Å². The molecule has 2 aromatic rings. The molecule has 28 heavy (non-hydrogen) atoms. The highest BCUT2D eigenvalue weighted by molar-refractivity contribution is 7.09. The van der Waals surface area contributed by atoms with Gasteiger partial charge in [0.25, 0.3) is 0 Å². The van der Waals surface area contributed by atoms with Gasteiger partial charge in [0.2, 0.25) is 5.91 Å². The van der Waals surface area contributed by atoms with Crippen LogP contribution in [0.3, 0.4) is 0 Å². The molecule has 1 saturated heterocycles. The van der Waals surface area contributed by atoms with Gasteiger partial charge in [0.1, 0.15) is 17.4 Å². The molecular weight excluding hydrogens is 372 g/mol. The van der Waals surface area contributed by atoms with Crippen LogP contribution in [-0.2, 0) is 17.8 Å². The number of amides is 1. The largest absolute Gasteiger partial charge is 0.486 e.